The van der Waals surface area contributed by atoms with Gasteiger partial charge in [0.25, 0.3) is 0 Å². The maximum Gasteiger partial charge on any atom is 0.208 e. The van der Waals surface area contributed by atoms with Crippen molar-refractivity contribution in [1.29, 1.82) is 0 Å². The van der Waals surface area contributed by atoms with Gasteiger partial charge in [0.2, 0.25) is 10.0 Å². The molecule has 2 rings (SSSR count). The number of hydrogen-bond donors (Lipinski definition) is 2. The average molecular weight is 347 g/mol. The van der Waals surface area contributed by atoms with Crippen LogP contribution in [0.25, 0.3) is 0 Å². The second-order valence-corrected chi connectivity index (χ2v) is 7.79. The van der Waals surface area contributed by atoms with Crippen LogP contribution in [0, 0.1) is 0 Å². The summed E-state index contributed by atoms with van der Waals surface area (Å²) in [4.78, 5) is 0. The van der Waals surface area contributed by atoms with Crippen molar-refractivity contribution in [2.75, 3.05) is 19.3 Å². The second-order valence-electron chi connectivity index (χ2n) is 5.04. The summed E-state index contributed by atoms with van der Waals surface area (Å²) in [6.07, 6.45) is 3.42. The van der Waals surface area contributed by atoms with Crippen LogP contribution in [0.2, 0.25) is 0 Å². The lowest BCUT2D eigenvalue weighted by Gasteiger charge is -2.36. The van der Waals surface area contributed by atoms with Crippen molar-refractivity contribution in [1.82, 2.24) is 10.0 Å². The summed E-state index contributed by atoms with van der Waals surface area (Å²) in [7, 11) is -3.06. The fourth-order valence-electron chi connectivity index (χ4n) is 2.33. The Balaban J connectivity index is 1.67. The molecule has 0 heterocycles. The van der Waals surface area contributed by atoms with E-state index in [0.717, 1.165) is 17.3 Å². The third kappa shape index (κ3) is 4.87. The molecule has 1 fully saturated rings. The topological polar surface area (TPSA) is 58.2 Å². The smallest absolute Gasteiger partial charge is 0.208 e. The quantitative estimate of drug-likeness (QED) is 0.772. The molecule has 0 aliphatic heterocycles. The Labute approximate surface area is 123 Å². The molecule has 2 N–H and O–H groups in total. The van der Waals surface area contributed by atoms with Crippen molar-refractivity contribution in [2.24, 2.45) is 0 Å². The highest BCUT2D eigenvalue weighted by Crippen LogP contribution is 2.37. The molecule has 0 bridgehead atoms. The number of hydrogen-bond acceptors (Lipinski definition) is 3. The summed E-state index contributed by atoms with van der Waals surface area (Å²) < 4.78 is 25.4. The van der Waals surface area contributed by atoms with Crippen molar-refractivity contribution in [3.05, 3.63) is 34.3 Å². The van der Waals surface area contributed by atoms with Crippen LogP contribution < -0.4 is 10.0 Å². The minimum Gasteiger partial charge on any atom is -0.313 e. The normalized spacial score (nSPS) is 23.1. The summed E-state index contributed by atoms with van der Waals surface area (Å²) in [5.74, 6) is 0.623. The number of halogens is 1. The van der Waals surface area contributed by atoms with Gasteiger partial charge in [0, 0.05) is 23.6 Å². The Hall–Kier alpha value is -0.430. The van der Waals surface area contributed by atoms with Gasteiger partial charge < -0.3 is 5.32 Å². The second kappa shape index (κ2) is 6.35. The van der Waals surface area contributed by atoms with E-state index in [1.54, 1.807) is 0 Å². The van der Waals surface area contributed by atoms with Crippen molar-refractivity contribution in [2.45, 2.75) is 24.8 Å². The van der Waals surface area contributed by atoms with Crippen molar-refractivity contribution >= 4 is 26.0 Å². The van der Waals surface area contributed by atoms with Gasteiger partial charge in [0.05, 0.1) is 6.26 Å². The highest BCUT2D eigenvalue weighted by atomic mass is 79.9. The lowest BCUT2D eigenvalue weighted by Crippen LogP contribution is -2.43. The summed E-state index contributed by atoms with van der Waals surface area (Å²) in [5.41, 5.74) is 1.38. The zero-order valence-corrected chi connectivity index (χ0v) is 13.3. The zero-order chi connectivity index (χ0) is 13.9. The summed E-state index contributed by atoms with van der Waals surface area (Å²) in [5, 5.41) is 3.37. The average Bonchev–Trinajstić information content (AvgIpc) is 2.24. The van der Waals surface area contributed by atoms with Gasteiger partial charge in [-0.15, -0.1) is 0 Å². The van der Waals surface area contributed by atoms with Gasteiger partial charge in [0.15, 0.2) is 0 Å². The van der Waals surface area contributed by atoms with Gasteiger partial charge >= 0.3 is 0 Å². The Morgan fingerprint density at radius 2 is 2.05 bits per heavy atom. The van der Waals surface area contributed by atoms with Crippen LogP contribution in [0.5, 0.6) is 0 Å². The minimum atomic E-state index is -3.06. The molecule has 0 amide bonds. The zero-order valence-electron chi connectivity index (χ0n) is 10.9. The van der Waals surface area contributed by atoms with E-state index in [4.69, 9.17) is 0 Å². The van der Waals surface area contributed by atoms with E-state index >= 15 is 0 Å². The van der Waals surface area contributed by atoms with E-state index in [2.05, 4.69) is 44.2 Å². The van der Waals surface area contributed by atoms with E-state index in [9.17, 15) is 8.42 Å². The van der Waals surface area contributed by atoms with Crippen LogP contribution in [0.15, 0.2) is 28.7 Å². The molecule has 1 saturated carbocycles. The van der Waals surface area contributed by atoms with Gasteiger partial charge in [-0.05, 0) is 36.5 Å². The SMILES string of the molecule is CS(=O)(=O)NCCNC1CC(c2cccc(Br)c2)C1. The molecule has 0 atom stereocenters. The van der Waals surface area contributed by atoms with Gasteiger partial charge in [-0.3, -0.25) is 0 Å². The van der Waals surface area contributed by atoms with E-state index in [0.29, 0.717) is 25.0 Å². The first-order valence-corrected chi connectivity index (χ1v) is 9.06. The van der Waals surface area contributed by atoms with Crippen LogP contribution >= 0.6 is 15.9 Å². The molecular formula is C13H19BrN2O2S. The first kappa shape index (κ1) is 15.0. The highest BCUT2D eigenvalue weighted by molar-refractivity contribution is 9.10. The molecule has 1 aliphatic carbocycles. The molecule has 0 spiro atoms. The number of nitrogens with one attached hydrogen (secondary N) is 2. The summed E-state index contributed by atoms with van der Waals surface area (Å²) in [6.45, 7) is 1.14. The molecule has 1 aromatic rings. The lowest BCUT2D eigenvalue weighted by atomic mass is 9.76. The molecule has 4 nitrogen and oxygen atoms in total. The summed E-state index contributed by atoms with van der Waals surface area (Å²) >= 11 is 3.49. The Bertz CT molecular complexity index is 527. The molecular weight excluding hydrogens is 328 g/mol. The van der Waals surface area contributed by atoms with Gasteiger partial charge in [-0.1, -0.05) is 28.1 Å². The molecule has 1 aliphatic rings. The molecule has 0 saturated heterocycles. The molecule has 6 heteroatoms. The summed E-state index contributed by atoms with van der Waals surface area (Å²) in [6, 6.07) is 8.94. The lowest BCUT2D eigenvalue weighted by molar-refractivity contribution is 0.293. The Morgan fingerprint density at radius 1 is 1.32 bits per heavy atom. The van der Waals surface area contributed by atoms with Crippen LogP contribution in [-0.4, -0.2) is 33.8 Å². The molecule has 0 radical (unpaired) electrons. The molecule has 0 unspecified atom stereocenters. The van der Waals surface area contributed by atoms with E-state index in [-0.39, 0.29) is 0 Å². The standard InChI is InChI=1S/C13H19BrN2O2S/c1-19(17,18)16-6-5-15-13-8-11(9-13)10-3-2-4-12(14)7-10/h2-4,7,11,13,15-16H,5-6,8-9H2,1H3. The van der Waals surface area contributed by atoms with Gasteiger partial charge in [0.1, 0.15) is 0 Å². The molecule has 106 valence electrons. The van der Waals surface area contributed by atoms with E-state index < -0.39 is 10.0 Å². The largest absolute Gasteiger partial charge is 0.313 e. The molecule has 19 heavy (non-hydrogen) atoms. The minimum absolute atomic E-state index is 0.455. The number of rotatable bonds is 6. The first-order chi connectivity index (χ1) is 8.94. The highest BCUT2D eigenvalue weighted by Gasteiger charge is 2.29. The maximum atomic E-state index is 10.9. The van der Waals surface area contributed by atoms with Crippen molar-refractivity contribution < 1.29 is 8.42 Å². The number of sulfonamides is 1. The van der Waals surface area contributed by atoms with Crippen LogP contribution in [0.4, 0.5) is 0 Å². The van der Waals surface area contributed by atoms with Crippen LogP contribution in [-0.2, 0) is 10.0 Å². The first-order valence-electron chi connectivity index (χ1n) is 6.37. The van der Waals surface area contributed by atoms with E-state index in [1.165, 1.54) is 11.8 Å². The monoisotopic (exact) mass is 346 g/mol. The third-order valence-electron chi connectivity index (χ3n) is 3.38. The molecule has 0 aromatic heterocycles. The van der Waals surface area contributed by atoms with E-state index in [1.807, 2.05) is 6.07 Å². The van der Waals surface area contributed by atoms with Crippen molar-refractivity contribution in [3.8, 4) is 0 Å². The fraction of sp³-hybridized carbons (Fsp3) is 0.538. The fourth-order valence-corrected chi connectivity index (χ4v) is 3.22. The Kier molecular flexibility index (Phi) is 5.00. The molecule has 1 aromatic carbocycles. The maximum absolute atomic E-state index is 10.9. The number of benzene rings is 1. The van der Waals surface area contributed by atoms with Crippen LogP contribution in [0.1, 0.15) is 24.3 Å². The van der Waals surface area contributed by atoms with Gasteiger partial charge in [-0.2, -0.15) is 0 Å². The Morgan fingerprint density at radius 3 is 2.68 bits per heavy atom. The van der Waals surface area contributed by atoms with Crippen molar-refractivity contribution in [3.63, 3.8) is 0 Å². The predicted octanol–water partition coefficient (Wildman–Crippen LogP) is 1.83. The predicted molar refractivity (Wildman–Crippen MR) is 80.8 cm³/mol. The van der Waals surface area contributed by atoms with Crippen LogP contribution in [0.3, 0.4) is 0 Å². The van der Waals surface area contributed by atoms with Gasteiger partial charge in [-0.25, -0.2) is 13.1 Å². The third-order valence-corrected chi connectivity index (χ3v) is 4.60.